The van der Waals surface area contributed by atoms with Crippen molar-refractivity contribution < 1.29 is 10.6 Å². The Morgan fingerprint density at radius 2 is 2.38 bits per heavy atom. The number of hydrogen-bond donors (Lipinski definition) is 0. The Hall–Kier alpha value is -1.49. The lowest BCUT2D eigenvalue weighted by molar-refractivity contribution is 0.111. The van der Waals surface area contributed by atoms with E-state index in [0.29, 0.717) is 5.69 Å². The monoisotopic (exact) mass is 283 g/mol. The first-order chi connectivity index (χ1) is 8.00. The molecule has 0 saturated heterocycles. The van der Waals surface area contributed by atoms with Crippen molar-refractivity contribution in [3.63, 3.8) is 0 Å². The fourth-order valence-corrected chi connectivity index (χ4v) is 1.77. The van der Waals surface area contributed by atoms with E-state index in [0.717, 1.165) is 4.68 Å². The molecule has 5 heteroatoms. The van der Waals surface area contributed by atoms with E-state index in [9.17, 15) is 9.18 Å². The predicted molar refractivity (Wildman–Crippen MR) is 61.3 cm³/mol. The Bertz CT molecular complexity index is 597. The molecule has 0 aliphatic carbocycles. The summed E-state index contributed by atoms with van der Waals surface area (Å²) in [5, 5.41) is 4.02. The van der Waals surface area contributed by atoms with Gasteiger partial charge < -0.3 is 0 Å². The minimum absolute atomic E-state index is 0.0412. The normalized spacial score (nSPS) is 11.3. The Labute approximate surface area is 101 Å². The molecule has 2 aromatic rings. The quantitative estimate of drug-likeness (QED) is 0.795. The molecule has 0 bridgehead atoms. The van der Waals surface area contributed by atoms with Crippen LogP contribution in [-0.2, 0) is 0 Å². The molecule has 0 fully saturated rings. The smallest absolute Gasteiger partial charge is 0.168 e. The number of halogens is 2. The van der Waals surface area contributed by atoms with Gasteiger partial charge in [-0.2, -0.15) is 5.10 Å². The highest BCUT2D eigenvalue weighted by Crippen LogP contribution is 2.22. The maximum Gasteiger partial charge on any atom is 0.168 e. The summed E-state index contributed by atoms with van der Waals surface area (Å²) in [6.07, 6.45) is -0.898. The first-order valence-corrected chi connectivity index (χ1v) is 5.32. The zero-order chi connectivity index (χ0) is 12.6. The summed E-state index contributed by atoms with van der Waals surface area (Å²) < 4.78 is 22.4. The third-order valence-corrected chi connectivity index (χ3v) is 2.71. The van der Waals surface area contributed by atoms with E-state index in [-0.39, 0.29) is 15.9 Å². The number of hydrogen-bond acceptors (Lipinski definition) is 2. The van der Waals surface area contributed by atoms with Crippen molar-refractivity contribution in [2.45, 2.75) is 6.92 Å². The van der Waals surface area contributed by atoms with Crippen LogP contribution >= 0.6 is 15.9 Å². The molecule has 0 saturated carbocycles. The highest BCUT2D eigenvalue weighted by Gasteiger charge is 2.12. The summed E-state index contributed by atoms with van der Waals surface area (Å²) >= 11 is 3.06. The van der Waals surface area contributed by atoms with E-state index in [2.05, 4.69) is 21.0 Å². The molecule has 0 spiro atoms. The summed E-state index contributed by atoms with van der Waals surface area (Å²) in [5.41, 5.74) is 0.738. The number of carbonyl (C=O) groups excluding carboxylic acids is 1. The Balaban J connectivity index is 2.68. The molecular formula is C11H8BrFN2O. The van der Waals surface area contributed by atoms with Gasteiger partial charge in [0.15, 0.2) is 12.1 Å². The van der Waals surface area contributed by atoms with Gasteiger partial charge in [-0.25, -0.2) is 9.07 Å². The number of aromatic nitrogens is 2. The standard InChI is InChI=1S/C11H8BrFN2O/c1-7-5-8(6-16)15(14-7)10-4-2-3-9(12)11(10)13/h2-6H,1H3/i6D. The van der Waals surface area contributed by atoms with Crippen molar-refractivity contribution in [3.8, 4) is 5.69 Å². The van der Waals surface area contributed by atoms with E-state index < -0.39 is 12.1 Å². The summed E-state index contributed by atoms with van der Waals surface area (Å²) in [6.45, 7) is 1.68. The number of nitrogens with zero attached hydrogens (tertiary/aromatic N) is 2. The summed E-state index contributed by atoms with van der Waals surface area (Å²) in [7, 11) is 0. The van der Waals surface area contributed by atoms with Crippen LogP contribution < -0.4 is 0 Å². The zero-order valence-electron chi connectivity index (χ0n) is 9.37. The Kier molecular flexibility index (Phi) is 2.53. The van der Waals surface area contributed by atoms with Crippen LogP contribution in [0.15, 0.2) is 28.7 Å². The fourth-order valence-electron chi connectivity index (χ4n) is 1.41. The molecule has 0 unspecified atom stereocenters. The highest BCUT2D eigenvalue weighted by atomic mass is 79.9. The molecule has 0 amide bonds. The molecule has 0 N–H and O–H groups in total. The van der Waals surface area contributed by atoms with E-state index in [1.807, 2.05) is 0 Å². The summed E-state index contributed by atoms with van der Waals surface area (Å²) in [4.78, 5) is 11.1. The molecule has 16 heavy (non-hydrogen) atoms. The Morgan fingerprint density at radius 1 is 1.62 bits per heavy atom. The van der Waals surface area contributed by atoms with Gasteiger partial charge in [-0.1, -0.05) is 6.07 Å². The Morgan fingerprint density at radius 3 is 3.06 bits per heavy atom. The van der Waals surface area contributed by atoms with E-state index >= 15 is 0 Å². The van der Waals surface area contributed by atoms with Crippen molar-refractivity contribution in [2.75, 3.05) is 0 Å². The molecule has 82 valence electrons. The van der Waals surface area contributed by atoms with Gasteiger partial charge in [0.05, 0.1) is 10.2 Å². The van der Waals surface area contributed by atoms with Crippen LogP contribution in [0.5, 0.6) is 0 Å². The lowest BCUT2D eigenvalue weighted by Crippen LogP contribution is -2.04. The van der Waals surface area contributed by atoms with Crippen molar-refractivity contribution in [1.29, 1.82) is 0 Å². The molecule has 1 aromatic heterocycles. The largest absolute Gasteiger partial charge is 0.296 e. The van der Waals surface area contributed by atoms with Crippen LogP contribution in [0.1, 0.15) is 17.6 Å². The van der Waals surface area contributed by atoms with Crippen LogP contribution in [-0.4, -0.2) is 16.0 Å². The molecular weight excluding hydrogens is 275 g/mol. The molecule has 0 aliphatic rings. The van der Waals surface area contributed by atoms with Gasteiger partial charge in [0.1, 0.15) is 12.8 Å². The highest BCUT2D eigenvalue weighted by molar-refractivity contribution is 9.10. The number of aryl methyl sites for hydroxylation is 1. The number of carbonyl (C=O) groups is 1. The number of rotatable bonds is 2. The molecule has 0 radical (unpaired) electrons. The van der Waals surface area contributed by atoms with Gasteiger partial charge in [-0.3, -0.25) is 4.79 Å². The topological polar surface area (TPSA) is 34.9 Å². The number of aldehydes is 1. The van der Waals surface area contributed by atoms with Crippen molar-refractivity contribution >= 4 is 22.2 Å². The minimum Gasteiger partial charge on any atom is -0.296 e. The van der Waals surface area contributed by atoms with E-state index in [4.69, 9.17) is 1.37 Å². The van der Waals surface area contributed by atoms with Gasteiger partial charge in [0.2, 0.25) is 0 Å². The second-order valence-electron chi connectivity index (χ2n) is 3.26. The van der Waals surface area contributed by atoms with Crippen molar-refractivity contribution in [1.82, 2.24) is 9.78 Å². The molecule has 3 nitrogen and oxygen atoms in total. The predicted octanol–water partition coefficient (Wildman–Crippen LogP) is 2.89. The van der Waals surface area contributed by atoms with Gasteiger partial charge in [0, 0.05) is 0 Å². The van der Waals surface area contributed by atoms with Crippen LogP contribution in [0.25, 0.3) is 5.69 Å². The number of benzene rings is 1. The van der Waals surface area contributed by atoms with E-state index in [1.54, 1.807) is 19.1 Å². The maximum absolute atomic E-state index is 13.9. The van der Waals surface area contributed by atoms with Crippen LogP contribution in [0, 0.1) is 12.7 Å². The minimum atomic E-state index is -0.898. The SMILES string of the molecule is [2H]C(=O)c1cc(C)nn1-c1cccc(Br)c1F. The average Bonchev–Trinajstić information content (AvgIpc) is 2.64. The molecule has 1 aromatic carbocycles. The summed E-state index contributed by atoms with van der Waals surface area (Å²) in [6, 6.07) is 6.14. The van der Waals surface area contributed by atoms with Gasteiger partial charge in [-0.05, 0) is 41.1 Å². The second-order valence-corrected chi connectivity index (χ2v) is 4.11. The van der Waals surface area contributed by atoms with Gasteiger partial charge in [0.25, 0.3) is 0 Å². The lowest BCUT2D eigenvalue weighted by Gasteiger charge is -2.05. The van der Waals surface area contributed by atoms with Crippen LogP contribution in [0.4, 0.5) is 4.39 Å². The second kappa shape index (κ2) is 4.17. The molecule has 2 rings (SSSR count). The third-order valence-electron chi connectivity index (χ3n) is 2.10. The van der Waals surface area contributed by atoms with Crippen LogP contribution in [0.2, 0.25) is 0 Å². The molecule has 1 heterocycles. The summed E-state index contributed by atoms with van der Waals surface area (Å²) in [5.74, 6) is -0.516. The lowest BCUT2D eigenvalue weighted by atomic mass is 10.3. The zero-order valence-corrected chi connectivity index (χ0v) is 9.95. The first kappa shape index (κ1) is 9.72. The molecule has 0 aliphatic heterocycles. The fraction of sp³-hybridized carbons (Fsp3) is 0.0909. The van der Waals surface area contributed by atoms with E-state index in [1.165, 1.54) is 12.1 Å². The average molecular weight is 284 g/mol. The van der Waals surface area contributed by atoms with Gasteiger partial charge in [-0.15, -0.1) is 0 Å². The van der Waals surface area contributed by atoms with Gasteiger partial charge >= 0.3 is 0 Å². The van der Waals surface area contributed by atoms with Crippen molar-refractivity contribution in [2.24, 2.45) is 0 Å². The first-order valence-electron chi connectivity index (χ1n) is 5.02. The van der Waals surface area contributed by atoms with Crippen LogP contribution in [0.3, 0.4) is 0 Å². The molecule has 0 atom stereocenters. The van der Waals surface area contributed by atoms with Crippen molar-refractivity contribution in [3.05, 3.63) is 45.9 Å². The maximum atomic E-state index is 13.9. The third kappa shape index (κ3) is 1.78.